The molecule has 0 radical (unpaired) electrons. The Kier molecular flexibility index (Phi) is 9.04. The SMILES string of the molecule is COC(=O)C(NC(=O)C(CC(C)C)NC(C)=O)P(=O)(OC)OC. The summed E-state index contributed by atoms with van der Waals surface area (Å²) in [7, 11) is -0.687. The Morgan fingerprint density at radius 2 is 1.57 bits per heavy atom. The average Bonchev–Trinajstić information content (AvgIpc) is 2.49. The van der Waals surface area contributed by atoms with Crippen molar-refractivity contribution in [2.24, 2.45) is 5.92 Å². The molecule has 0 saturated carbocycles. The summed E-state index contributed by atoms with van der Waals surface area (Å²) in [6.07, 6.45) is 0.337. The van der Waals surface area contributed by atoms with E-state index in [1.807, 2.05) is 13.8 Å². The van der Waals surface area contributed by atoms with E-state index in [4.69, 9.17) is 9.05 Å². The third-order valence-corrected chi connectivity index (χ3v) is 4.92. The maximum absolute atomic E-state index is 12.4. The molecule has 0 rings (SSSR count). The van der Waals surface area contributed by atoms with Crippen LogP contribution in [0.4, 0.5) is 0 Å². The zero-order chi connectivity index (χ0) is 18.2. The molecular formula is C13H25N2O7P. The van der Waals surface area contributed by atoms with Gasteiger partial charge in [-0.1, -0.05) is 13.8 Å². The van der Waals surface area contributed by atoms with Crippen molar-refractivity contribution in [3.8, 4) is 0 Å². The van der Waals surface area contributed by atoms with Crippen LogP contribution in [0.2, 0.25) is 0 Å². The van der Waals surface area contributed by atoms with E-state index in [0.29, 0.717) is 6.42 Å². The largest absolute Gasteiger partial charge is 0.467 e. The normalized spacial score (nSPS) is 14.0. The number of esters is 1. The monoisotopic (exact) mass is 352 g/mol. The van der Waals surface area contributed by atoms with Crippen molar-refractivity contribution < 1.29 is 32.7 Å². The van der Waals surface area contributed by atoms with Crippen molar-refractivity contribution in [1.82, 2.24) is 10.6 Å². The van der Waals surface area contributed by atoms with Crippen molar-refractivity contribution in [3.63, 3.8) is 0 Å². The van der Waals surface area contributed by atoms with Gasteiger partial charge in [0.1, 0.15) is 6.04 Å². The zero-order valence-electron chi connectivity index (χ0n) is 14.2. The minimum absolute atomic E-state index is 0.103. The van der Waals surface area contributed by atoms with Gasteiger partial charge in [0.05, 0.1) is 7.11 Å². The highest BCUT2D eigenvalue weighted by molar-refractivity contribution is 7.55. The molecule has 0 aliphatic carbocycles. The third-order valence-electron chi connectivity index (χ3n) is 2.93. The summed E-state index contributed by atoms with van der Waals surface area (Å²) < 4.78 is 26.4. The number of carbonyl (C=O) groups is 3. The Labute approximate surface area is 136 Å². The van der Waals surface area contributed by atoms with Crippen molar-refractivity contribution in [1.29, 1.82) is 0 Å². The minimum Gasteiger partial charge on any atom is -0.467 e. The Morgan fingerprint density at radius 3 is 1.91 bits per heavy atom. The van der Waals surface area contributed by atoms with Gasteiger partial charge in [0.2, 0.25) is 17.6 Å². The second kappa shape index (κ2) is 9.64. The molecule has 2 unspecified atom stereocenters. The van der Waals surface area contributed by atoms with Crippen molar-refractivity contribution in [2.45, 2.75) is 39.0 Å². The predicted octanol–water partition coefficient (Wildman–Crippen LogP) is 0.638. The van der Waals surface area contributed by atoms with Gasteiger partial charge in [-0.15, -0.1) is 0 Å². The maximum Gasteiger partial charge on any atom is 0.363 e. The van der Waals surface area contributed by atoms with Crippen molar-refractivity contribution >= 4 is 25.4 Å². The third kappa shape index (κ3) is 6.68. The van der Waals surface area contributed by atoms with Crippen LogP contribution in [0.3, 0.4) is 0 Å². The molecule has 0 bridgehead atoms. The Morgan fingerprint density at radius 1 is 1.04 bits per heavy atom. The van der Waals surface area contributed by atoms with Crippen LogP contribution in [0.5, 0.6) is 0 Å². The standard InChI is InChI=1S/C13H25N2O7P/c1-8(2)7-10(14-9(3)16)11(17)15-12(13(18)20-4)23(19,21-5)22-6/h8,10,12H,7H2,1-6H3,(H,14,16)(H,15,17). The molecule has 0 aliphatic rings. The smallest absolute Gasteiger partial charge is 0.363 e. The first kappa shape index (κ1) is 21.6. The van der Waals surface area contributed by atoms with Crippen LogP contribution in [-0.4, -0.2) is 50.9 Å². The molecule has 134 valence electrons. The average molecular weight is 352 g/mol. The Bertz CT molecular complexity index is 473. The van der Waals surface area contributed by atoms with Crippen molar-refractivity contribution in [2.75, 3.05) is 21.3 Å². The highest BCUT2D eigenvalue weighted by Crippen LogP contribution is 2.50. The molecule has 23 heavy (non-hydrogen) atoms. The summed E-state index contributed by atoms with van der Waals surface area (Å²) in [4.78, 5) is 35.4. The van der Waals surface area contributed by atoms with E-state index in [1.54, 1.807) is 0 Å². The van der Waals surface area contributed by atoms with Crippen molar-refractivity contribution in [3.05, 3.63) is 0 Å². The summed E-state index contributed by atoms with van der Waals surface area (Å²) in [6.45, 7) is 5.01. The van der Waals surface area contributed by atoms with Gasteiger partial charge in [-0.25, -0.2) is 4.79 Å². The fourth-order valence-corrected chi connectivity index (χ4v) is 3.07. The summed E-state index contributed by atoms with van der Waals surface area (Å²) >= 11 is 0. The van der Waals surface area contributed by atoms with Gasteiger partial charge >= 0.3 is 13.6 Å². The molecule has 2 N–H and O–H groups in total. The second-order valence-corrected chi connectivity index (χ2v) is 7.55. The van der Waals surface area contributed by atoms with E-state index < -0.39 is 37.2 Å². The van der Waals surface area contributed by atoms with E-state index >= 15 is 0 Å². The number of nitrogens with one attached hydrogen (secondary N) is 2. The van der Waals surface area contributed by atoms with Crippen LogP contribution in [0.1, 0.15) is 27.2 Å². The molecule has 0 fully saturated rings. The van der Waals surface area contributed by atoms with Gasteiger partial charge in [0.25, 0.3) is 0 Å². The predicted molar refractivity (Wildman–Crippen MR) is 82.6 cm³/mol. The van der Waals surface area contributed by atoms with E-state index in [9.17, 15) is 18.9 Å². The number of rotatable bonds is 9. The number of amides is 2. The molecule has 0 aromatic rings. The molecule has 0 spiro atoms. The highest BCUT2D eigenvalue weighted by atomic mass is 31.2. The van der Waals surface area contributed by atoms with E-state index in [-0.39, 0.29) is 5.92 Å². The molecule has 2 atom stereocenters. The lowest BCUT2D eigenvalue weighted by Gasteiger charge is -2.26. The zero-order valence-corrected chi connectivity index (χ0v) is 15.1. The lowest BCUT2D eigenvalue weighted by Crippen LogP contribution is -2.52. The number of hydrogen-bond acceptors (Lipinski definition) is 7. The van der Waals surface area contributed by atoms with E-state index in [1.165, 1.54) is 6.92 Å². The quantitative estimate of drug-likeness (QED) is 0.461. The first-order chi connectivity index (χ1) is 10.6. The number of methoxy groups -OCH3 is 1. The van der Waals surface area contributed by atoms with Crippen LogP contribution in [0.25, 0.3) is 0 Å². The van der Waals surface area contributed by atoms with Crippen LogP contribution >= 0.6 is 7.60 Å². The first-order valence-electron chi connectivity index (χ1n) is 6.97. The number of carbonyl (C=O) groups excluding carboxylic acids is 3. The molecule has 0 saturated heterocycles. The molecule has 10 heteroatoms. The van der Waals surface area contributed by atoms with Gasteiger partial charge in [-0.05, 0) is 12.3 Å². The summed E-state index contributed by atoms with van der Waals surface area (Å²) in [5.41, 5.74) is 0. The molecule has 0 aliphatic heterocycles. The summed E-state index contributed by atoms with van der Waals surface area (Å²) in [6, 6.07) is -0.887. The highest BCUT2D eigenvalue weighted by Gasteiger charge is 2.43. The Hall–Kier alpha value is -1.44. The summed E-state index contributed by atoms with van der Waals surface area (Å²) in [5, 5.41) is 4.77. The fourth-order valence-electron chi connectivity index (χ4n) is 1.85. The van der Waals surface area contributed by atoms with Crippen LogP contribution in [-0.2, 0) is 32.7 Å². The topological polar surface area (TPSA) is 120 Å². The Balaban J connectivity index is 5.37. The van der Waals surface area contributed by atoms with Crippen LogP contribution in [0.15, 0.2) is 0 Å². The molecule has 0 aromatic heterocycles. The summed E-state index contributed by atoms with van der Waals surface area (Å²) in [5.74, 6) is -3.58. The van der Waals surface area contributed by atoms with Crippen LogP contribution < -0.4 is 10.6 Å². The van der Waals surface area contributed by atoms with Gasteiger partial charge in [0.15, 0.2) is 0 Å². The molecule has 2 amide bonds. The molecule has 0 aromatic carbocycles. The van der Waals surface area contributed by atoms with E-state index in [2.05, 4.69) is 15.4 Å². The minimum atomic E-state index is -3.95. The van der Waals surface area contributed by atoms with Crippen LogP contribution in [0, 0.1) is 5.92 Å². The number of hydrogen-bond donors (Lipinski definition) is 2. The molecule has 9 nitrogen and oxygen atoms in total. The molecular weight excluding hydrogens is 327 g/mol. The number of ether oxygens (including phenoxy) is 1. The van der Waals surface area contributed by atoms with Gasteiger partial charge in [-0.2, -0.15) is 0 Å². The lowest BCUT2D eigenvalue weighted by atomic mass is 10.0. The molecule has 0 heterocycles. The second-order valence-electron chi connectivity index (χ2n) is 5.22. The first-order valence-corrected chi connectivity index (χ1v) is 8.58. The van der Waals surface area contributed by atoms with Gasteiger partial charge in [0, 0.05) is 21.1 Å². The van der Waals surface area contributed by atoms with E-state index in [0.717, 1.165) is 21.3 Å². The maximum atomic E-state index is 12.4. The fraction of sp³-hybridized carbons (Fsp3) is 0.769. The van der Waals surface area contributed by atoms with Gasteiger partial charge < -0.3 is 24.4 Å². The lowest BCUT2D eigenvalue weighted by molar-refractivity contribution is -0.143. The van der Waals surface area contributed by atoms with Gasteiger partial charge in [-0.3, -0.25) is 14.2 Å².